The van der Waals surface area contributed by atoms with Crippen LogP contribution in [0.1, 0.15) is 47.0 Å². The Bertz CT molecular complexity index is 416. The average molecular weight is 314 g/mol. The van der Waals surface area contributed by atoms with Gasteiger partial charge in [0.25, 0.3) is 0 Å². The van der Waals surface area contributed by atoms with Gasteiger partial charge in [0.15, 0.2) is 0 Å². The molecule has 0 aromatic rings. The minimum atomic E-state index is -1.20. The minimum Gasteiger partial charge on any atom is -0.301 e. The van der Waals surface area contributed by atoms with Gasteiger partial charge < -0.3 is 9.78 Å². The van der Waals surface area contributed by atoms with Gasteiger partial charge >= 0.3 is 11.9 Å². The molecule has 0 atom stereocenters. The van der Waals surface area contributed by atoms with Gasteiger partial charge in [0.1, 0.15) is 0 Å². The molecule has 0 saturated heterocycles. The largest absolute Gasteiger partial charge is 0.349 e. The van der Waals surface area contributed by atoms with Gasteiger partial charge in [-0.05, 0) is 23.7 Å². The van der Waals surface area contributed by atoms with Crippen LogP contribution in [0.4, 0.5) is 0 Å². The zero-order valence-electron chi connectivity index (χ0n) is 13.7. The van der Waals surface area contributed by atoms with E-state index in [2.05, 4.69) is 22.9 Å². The van der Waals surface area contributed by atoms with Gasteiger partial charge in [-0.2, -0.15) is 10.5 Å². The summed E-state index contributed by atoms with van der Waals surface area (Å²) < 4.78 is 0. The highest BCUT2D eigenvalue weighted by Crippen LogP contribution is 2.57. The molecule has 126 valence electrons. The van der Waals surface area contributed by atoms with Crippen molar-refractivity contribution >= 4 is 11.9 Å². The van der Waals surface area contributed by atoms with Crippen molar-refractivity contribution < 1.29 is 29.9 Å². The third kappa shape index (κ3) is 3.56. The maximum absolute atomic E-state index is 12.5. The summed E-state index contributed by atoms with van der Waals surface area (Å²) in [5.41, 5.74) is -2.71. The van der Waals surface area contributed by atoms with E-state index in [0.717, 1.165) is 0 Å². The third-order valence-electron chi connectivity index (χ3n) is 4.69. The Morgan fingerprint density at radius 3 is 1.77 bits per heavy atom. The first-order chi connectivity index (χ1) is 10.1. The van der Waals surface area contributed by atoms with Gasteiger partial charge in [0.05, 0.1) is 5.41 Å². The van der Waals surface area contributed by atoms with Crippen molar-refractivity contribution in [2.24, 2.45) is 16.2 Å². The van der Waals surface area contributed by atoms with Crippen molar-refractivity contribution in [3.63, 3.8) is 0 Å². The van der Waals surface area contributed by atoms with Crippen LogP contribution < -0.4 is 0 Å². The van der Waals surface area contributed by atoms with Crippen molar-refractivity contribution in [1.82, 2.24) is 0 Å². The molecule has 0 heterocycles. The van der Waals surface area contributed by atoms with Crippen LogP contribution in [0.5, 0.6) is 0 Å². The van der Waals surface area contributed by atoms with Crippen molar-refractivity contribution in [2.45, 2.75) is 47.0 Å². The highest BCUT2D eigenvalue weighted by molar-refractivity contribution is 5.79. The van der Waals surface area contributed by atoms with E-state index in [1.807, 2.05) is 0 Å². The maximum atomic E-state index is 12.5. The summed E-state index contributed by atoms with van der Waals surface area (Å²) in [7, 11) is 0. The van der Waals surface area contributed by atoms with Gasteiger partial charge in [-0.15, -0.1) is 13.2 Å². The van der Waals surface area contributed by atoms with E-state index in [1.54, 1.807) is 39.8 Å². The van der Waals surface area contributed by atoms with Crippen LogP contribution in [0.2, 0.25) is 0 Å². The fraction of sp³-hybridized carbons (Fsp3) is 0.625. The molecule has 6 nitrogen and oxygen atoms in total. The lowest BCUT2D eigenvalue weighted by molar-refractivity contribution is -0.257. The lowest BCUT2D eigenvalue weighted by Crippen LogP contribution is -2.53. The first-order valence-corrected chi connectivity index (χ1v) is 7.03. The molecule has 0 saturated carbocycles. The molecule has 6 heteroatoms. The lowest BCUT2D eigenvalue weighted by atomic mass is 9.51. The van der Waals surface area contributed by atoms with E-state index in [9.17, 15) is 9.59 Å². The second-order valence-electron chi connectivity index (χ2n) is 6.45. The summed E-state index contributed by atoms with van der Waals surface area (Å²) in [5.74, 6) is -1.61. The average Bonchev–Trinajstić information content (AvgIpc) is 2.49. The van der Waals surface area contributed by atoms with Crippen molar-refractivity contribution in [1.29, 1.82) is 0 Å². The van der Waals surface area contributed by atoms with Crippen LogP contribution in [-0.2, 0) is 19.4 Å². The van der Waals surface area contributed by atoms with Gasteiger partial charge in [0, 0.05) is 6.42 Å². The summed E-state index contributed by atoms with van der Waals surface area (Å²) in [5, 5.41) is 17.3. The highest BCUT2D eigenvalue weighted by atomic mass is 17.1. The van der Waals surface area contributed by atoms with Gasteiger partial charge in [-0.1, -0.05) is 39.8 Å². The van der Waals surface area contributed by atoms with Crippen LogP contribution in [0, 0.1) is 16.2 Å². The van der Waals surface area contributed by atoms with Gasteiger partial charge in [-0.3, -0.25) is 0 Å². The summed E-state index contributed by atoms with van der Waals surface area (Å²) in [4.78, 5) is 31.3. The maximum Gasteiger partial charge on any atom is 0.349 e. The summed E-state index contributed by atoms with van der Waals surface area (Å²) in [6.07, 6.45) is 3.61. The number of hydrogen-bond acceptors (Lipinski definition) is 6. The molecule has 0 aliphatic heterocycles. The first kappa shape index (κ1) is 20.3. The monoisotopic (exact) mass is 314 g/mol. The standard InChI is InChI=1S/C16H26O6/c1-7-14(3,4)16(13(18)22-20,15(5,6)8-2)11-9-10-12(17)21-19/h7-8,19-20H,1-2,9-11H2,3-6H3. The lowest BCUT2D eigenvalue weighted by Gasteiger charge is -2.51. The fourth-order valence-corrected chi connectivity index (χ4v) is 3.07. The third-order valence-corrected chi connectivity index (χ3v) is 4.69. The SMILES string of the molecule is C=CC(C)(C)C(CCCC(=O)OO)(C(=O)OO)C(C)(C)C=C. The second kappa shape index (κ2) is 7.56. The Morgan fingerprint density at radius 1 is 1.00 bits per heavy atom. The van der Waals surface area contributed by atoms with Gasteiger partial charge in [-0.25, -0.2) is 9.59 Å². The van der Waals surface area contributed by atoms with Gasteiger partial charge in [0.2, 0.25) is 0 Å². The second-order valence-corrected chi connectivity index (χ2v) is 6.45. The Hall–Kier alpha value is -1.66. The van der Waals surface area contributed by atoms with E-state index < -0.39 is 28.2 Å². The zero-order chi connectivity index (χ0) is 17.6. The van der Waals surface area contributed by atoms with E-state index in [0.29, 0.717) is 0 Å². The molecule has 0 rings (SSSR count). The summed E-state index contributed by atoms with van der Waals surface area (Å²) in [6.45, 7) is 14.7. The van der Waals surface area contributed by atoms with Crippen molar-refractivity contribution in [3.8, 4) is 0 Å². The quantitative estimate of drug-likeness (QED) is 0.384. The molecule has 0 aliphatic rings. The Kier molecular flexibility index (Phi) is 6.99. The van der Waals surface area contributed by atoms with Crippen molar-refractivity contribution in [3.05, 3.63) is 25.3 Å². The van der Waals surface area contributed by atoms with E-state index in [4.69, 9.17) is 10.5 Å². The zero-order valence-corrected chi connectivity index (χ0v) is 13.7. The fourth-order valence-electron chi connectivity index (χ4n) is 3.07. The summed E-state index contributed by atoms with van der Waals surface area (Å²) >= 11 is 0. The number of allylic oxidation sites excluding steroid dienone is 2. The predicted octanol–water partition coefficient (Wildman–Crippen LogP) is 3.60. The van der Waals surface area contributed by atoms with Crippen LogP contribution in [-0.4, -0.2) is 22.5 Å². The molecular weight excluding hydrogens is 288 g/mol. The first-order valence-electron chi connectivity index (χ1n) is 7.03. The van der Waals surface area contributed by atoms with Crippen LogP contribution >= 0.6 is 0 Å². The molecule has 0 radical (unpaired) electrons. The minimum absolute atomic E-state index is 0.0720. The van der Waals surface area contributed by atoms with Crippen LogP contribution in [0.15, 0.2) is 25.3 Å². The van der Waals surface area contributed by atoms with Crippen LogP contribution in [0.3, 0.4) is 0 Å². The molecule has 0 amide bonds. The molecule has 0 aromatic heterocycles. The molecule has 0 unspecified atom stereocenters. The molecule has 0 fully saturated rings. The van der Waals surface area contributed by atoms with E-state index in [-0.39, 0.29) is 19.3 Å². The molecule has 0 aliphatic carbocycles. The Balaban J connectivity index is 5.89. The molecule has 0 aromatic carbocycles. The summed E-state index contributed by atoms with van der Waals surface area (Å²) in [6, 6.07) is 0. The smallest absolute Gasteiger partial charge is 0.301 e. The van der Waals surface area contributed by atoms with E-state index >= 15 is 0 Å². The molecular formula is C16H26O6. The van der Waals surface area contributed by atoms with E-state index in [1.165, 1.54) is 0 Å². The molecule has 2 N–H and O–H groups in total. The van der Waals surface area contributed by atoms with Crippen molar-refractivity contribution in [2.75, 3.05) is 0 Å². The topological polar surface area (TPSA) is 93.1 Å². The predicted molar refractivity (Wildman–Crippen MR) is 81.7 cm³/mol. The molecule has 22 heavy (non-hydrogen) atoms. The number of hydrogen-bond donors (Lipinski definition) is 2. The Morgan fingerprint density at radius 2 is 1.45 bits per heavy atom. The molecule has 0 bridgehead atoms. The number of carbonyl (C=O) groups excluding carboxylic acids is 2. The van der Waals surface area contributed by atoms with Crippen LogP contribution in [0.25, 0.3) is 0 Å². The number of rotatable bonds is 9. The molecule has 0 spiro atoms. The Labute approximate surface area is 131 Å². The highest BCUT2D eigenvalue weighted by Gasteiger charge is 2.59. The number of carbonyl (C=O) groups is 2. The normalized spacial score (nSPS) is 12.5.